The Hall–Kier alpha value is -1.75. The van der Waals surface area contributed by atoms with Crippen molar-refractivity contribution >= 4 is 34.8 Å². The first-order chi connectivity index (χ1) is 9.90. The van der Waals surface area contributed by atoms with Crippen LogP contribution in [0.2, 0.25) is 0 Å². The molecular formula is C15H17N3OS. The molecule has 2 aromatic rings. The molecule has 0 fully saturated rings. The van der Waals surface area contributed by atoms with Crippen LogP contribution in [-0.2, 0) is 16.3 Å². The number of hydrogen-bond donors (Lipinski definition) is 2. The van der Waals surface area contributed by atoms with Crippen molar-refractivity contribution in [1.82, 2.24) is 10.3 Å². The molecule has 5 heteroatoms. The van der Waals surface area contributed by atoms with Crippen molar-refractivity contribution in [2.75, 3.05) is 18.4 Å². The van der Waals surface area contributed by atoms with Gasteiger partial charge in [-0.15, -0.1) is 0 Å². The number of carbonyl (C=O) groups is 1. The van der Waals surface area contributed by atoms with Crippen LogP contribution in [0, 0.1) is 0 Å². The number of rotatable bonds is 6. The van der Waals surface area contributed by atoms with Gasteiger partial charge >= 0.3 is 0 Å². The quantitative estimate of drug-likeness (QED) is 0.633. The number of nitrogens with zero attached hydrogens (tertiary/aromatic N) is 1. The van der Waals surface area contributed by atoms with Gasteiger partial charge < -0.3 is 10.6 Å². The maximum atomic E-state index is 10.2. The molecule has 2 heterocycles. The van der Waals surface area contributed by atoms with Crippen LogP contribution in [0.4, 0.5) is 5.69 Å². The van der Waals surface area contributed by atoms with E-state index in [9.17, 15) is 4.79 Å². The number of nitrogens with one attached hydrogen (secondary N) is 2. The van der Waals surface area contributed by atoms with Gasteiger partial charge in [-0.3, -0.25) is 9.78 Å². The molecule has 0 spiro atoms. The molecule has 0 atom stereocenters. The summed E-state index contributed by atoms with van der Waals surface area (Å²) in [6.45, 7) is 1.56. The second-order valence-electron chi connectivity index (χ2n) is 4.77. The molecule has 1 aromatic carbocycles. The number of carbonyl (C=O) groups excluding carboxylic acids is 1. The van der Waals surface area contributed by atoms with Crippen molar-refractivity contribution in [3.8, 4) is 0 Å². The second-order valence-corrected chi connectivity index (χ2v) is 5.76. The molecule has 1 aliphatic rings. The maximum Gasteiger partial charge on any atom is 0.207 e. The van der Waals surface area contributed by atoms with E-state index in [1.807, 2.05) is 17.8 Å². The first-order valence-corrected chi connectivity index (χ1v) is 7.95. The summed E-state index contributed by atoms with van der Waals surface area (Å²) in [6.07, 6.45) is 1.66. The zero-order chi connectivity index (χ0) is 13.8. The van der Waals surface area contributed by atoms with Crippen LogP contribution in [-0.4, -0.2) is 24.5 Å². The first kappa shape index (κ1) is 13.2. The lowest BCUT2D eigenvalue weighted by molar-refractivity contribution is -0.109. The smallest absolute Gasteiger partial charge is 0.207 e. The zero-order valence-electron chi connectivity index (χ0n) is 11.2. The molecule has 0 saturated carbocycles. The maximum absolute atomic E-state index is 10.2. The highest BCUT2D eigenvalue weighted by Gasteiger charge is 2.19. The molecule has 0 saturated heterocycles. The van der Waals surface area contributed by atoms with Gasteiger partial charge in [0.05, 0.1) is 11.2 Å². The summed E-state index contributed by atoms with van der Waals surface area (Å²) in [5, 5.41) is 7.42. The molecular weight excluding hydrogens is 270 g/mol. The third kappa shape index (κ3) is 2.58. The molecule has 1 amide bonds. The average molecular weight is 287 g/mol. The molecule has 4 nitrogen and oxygen atoms in total. The number of amides is 1. The number of para-hydroxylation sites is 1. The summed E-state index contributed by atoms with van der Waals surface area (Å²) < 4.78 is 0. The van der Waals surface area contributed by atoms with Gasteiger partial charge in [-0.1, -0.05) is 18.2 Å². The highest BCUT2D eigenvalue weighted by molar-refractivity contribution is 7.98. The monoisotopic (exact) mass is 287 g/mol. The molecule has 20 heavy (non-hydrogen) atoms. The van der Waals surface area contributed by atoms with Crippen LogP contribution in [0.15, 0.2) is 24.3 Å². The Labute approximate surface area is 122 Å². The molecule has 0 bridgehead atoms. The van der Waals surface area contributed by atoms with Crippen LogP contribution in [0.5, 0.6) is 0 Å². The summed E-state index contributed by atoms with van der Waals surface area (Å²) in [5.74, 6) is 2.03. The minimum Gasteiger partial charge on any atom is -0.384 e. The number of anilines is 1. The van der Waals surface area contributed by atoms with Crippen molar-refractivity contribution in [3.63, 3.8) is 0 Å². The molecule has 1 aliphatic heterocycles. The fraction of sp³-hybridized carbons (Fsp3) is 0.333. The minimum absolute atomic E-state index is 0.705. The Bertz CT molecular complexity index is 630. The van der Waals surface area contributed by atoms with E-state index in [-0.39, 0.29) is 0 Å². The number of hydrogen-bond acceptors (Lipinski definition) is 4. The molecule has 1 aromatic heterocycles. The van der Waals surface area contributed by atoms with Crippen molar-refractivity contribution in [3.05, 3.63) is 35.5 Å². The van der Waals surface area contributed by atoms with E-state index in [1.165, 1.54) is 22.3 Å². The van der Waals surface area contributed by atoms with Gasteiger partial charge in [0.2, 0.25) is 6.41 Å². The lowest BCUT2D eigenvalue weighted by Gasteiger charge is -2.14. The summed E-state index contributed by atoms with van der Waals surface area (Å²) in [6, 6.07) is 8.27. The fourth-order valence-electron chi connectivity index (χ4n) is 2.49. The van der Waals surface area contributed by atoms with E-state index in [2.05, 4.69) is 28.8 Å². The predicted molar refractivity (Wildman–Crippen MR) is 83.9 cm³/mol. The summed E-state index contributed by atoms with van der Waals surface area (Å²) in [5.41, 5.74) is 4.84. The molecule has 0 unspecified atom stereocenters. The summed E-state index contributed by atoms with van der Waals surface area (Å²) in [4.78, 5) is 15.0. The van der Waals surface area contributed by atoms with Gasteiger partial charge in [-0.25, -0.2) is 0 Å². The van der Waals surface area contributed by atoms with Gasteiger partial charge in [0.1, 0.15) is 0 Å². The van der Waals surface area contributed by atoms with Crippen molar-refractivity contribution < 1.29 is 4.79 Å². The van der Waals surface area contributed by atoms with Crippen molar-refractivity contribution in [1.29, 1.82) is 0 Å². The highest BCUT2D eigenvalue weighted by Crippen LogP contribution is 2.37. The van der Waals surface area contributed by atoms with Gasteiger partial charge in [0, 0.05) is 41.2 Å². The largest absolute Gasteiger partial charge is 0.384 e. The molecule has 0 aliphatic carbocycles. The normalized spacial score (nSPS) is 13.2. The van der Waals surface area contributed by atoms with Gasteiger partial charge in [-0.05, 0) is 12.5 Å². The van der Waals surface area contributed by atoms with E-state index in [4.69, 9.17) is 4.98 Å². The van der Waals surface area contributed by atoms with Crippen LogP contribution in [0.3, 0.4) is 0 Å². The Morgan fingerprint density at radius 3 is 3.05 bits per heavy atom. The Kier molecular flexibility index (Phi) is 4.06. The molecule has 3 rings (SSSR count). The minimum atomic E-state index is 0.705. The number of pyridine rings is 1. The van der Waals surface area contributed by atoms with E-state index in [1.54, 1.807) is 0 Å². The number of aromatic nitrogens is 1. The van der Waals surface area contributed by atoms with Crippen LogP contribution >= 0.6 is 11.8 Å². The molecule has 104 valence electrons. The van der Waals surface area contributed by atoms with Gasteiger partial charge in [-0.2, -0.15) is 11.8 Å². The highest BCUT2D eigenvalue weighted by atomic mass is 32.2. The third-order valence-electron chi connectivity index (χ3n) is 3.45. The third-order valence-corrected chi connectivity index (χ3v) is 4.42. The second kappa shape index (κ2) is 6.13. The average Bonchev–Trinajstić information content (AvgIpc) is 2.94. The van der Waals surface area contributed by atoms with E-state index >= 15 is 0 Å². The Balaban J connectivity index is 1.86. The number of thioether (sulfide) groups is 1. The van der Waals surface area contributed by atoms with E-state index in [0.717, 1.165) is 36.4 Å². The lowest BCUT2D eigenvalue weighted by Crippen LogP contribution is -2.16. The predicted octanol–water partition coefficient (Wildman–Crippen LogP) is 2.53. The van der Waals surface area contributed by atoms with Gasteiger partial charge in [0.25, 0.3) is 0 Å². The van der Waals surface area contributed by atoms with Crippen molar-refractivity contribution in [2.45, 2.75) is 17.9 Å². The van der Waals surface area contributed by atoms with Gasteiger partial charge in [0.15, 0.2) is 0 Å². The molecule has 0 radical (unpaired) electrons. The summed E-state index contributed by atoms with van der Waals surface area (Å²) in [7, 11) is 0. The first-order valence-electron chi connectivity index (χ1n) is 6.79. The lowest BCUT2D eigenvalue weighted by atomic mass is 10.1. The van der Waals surface area contributed by atoms with E-state index < -0.39 is 0 Å². The Morgan fingerprint density at radius 2 is 2.15 bits per heavy atom. The number of benzene rings is 1. The van der Waals surface area contributed by atoms with E-state index in [0.29, 0.717) is 6.54 Å². The van der Waals surface area contributed by atoms with Crippen LogP contribution in [0.1, 0.15) is 17.7 Å². The zero-order valence-corrected chi connectivity index (χ0v) is 12.0. The fourth-order valence-corrected chi connectivity index (χ4v) is 3.54. The standard InChI is InChI=1S/C15H17N3OS/c19-10-16-6-3-7-17-15-11-4-1-2-5-13(11)18-14-9-20-8-12(14)15/h1-2,4-5,10H,3,6-9H2,(H,16,19)(H,17,18). The molecule has 2 N–H and O–H groups in total. The van der Waals surface area contributed by atoms with Crippen LogP contribution < -0.4 is 10.6 Å². The Morgan fingerprint density at radius 1 is 1.25 bits per heavy atom. The SMILES string of the molecule is O=CNCCCNc1c2c(nc3ccccc13)CSC2. The number of fused-ring (bicyclic) bond motifs is 2. The summed E-state index contributed by atoms with van der Waals surface area (Å²) >= 11 is 1.91. The van der Waals surface area contributed by atoms with Crippen LogP contribution in [0.25, 0.3) is 10.9 Å². The topological polar surface area (TPSA) is 54.0 Å². The van der Waals surface area contributed by atoms with Crippen molar-refractivity contribution in [2.24, 2.45) is 0 Å².